The summed E-state index contributed by atoms with van der Waals surface area (Å²) in [6.45, 7) is 0. The van der Waals surface area contributed by atoms with Gasteiger partial charge in [0.1, 0.15) is 0 Å². The molecule has 1 aliphatic rings. The highest BCUT2D eigenvalue weighted by Crippen LogP contribution is 2.30. The van der Waals surface area contributed by atoms with Gasteiger partial charge in [-0.3, -0.25) is 0 Å². The Bertz CT molecular complexity index is 616. The molecule has 0 amide bonds. The van der Waals surface area contributed by atoms with Gasteiger partial charge in [0.05, 0.1) is 6.10 Å². The molecule has 0 aromatic heterocycles. The van der Waals surface area contributed by atoms with Crippen LogP contribution in [0.15, 0.2) is 46.9 Å². The van der Waals surface area contributed by atoms with E-state index in [0.717, 1.165) is 15.6 Å². The molecule has 2 aromatic rings. The minimum absolute atomic E-state index is 0.445. The first-order valence-electron chi connectivity index (χ1n) is 5.97. The van der Waals surface area contributed by atoms with Crippen molar-refractivity contribution in [2.45, 2.75) is 12.5 Å². The number of halogens is 1. The van der Waals surface area contributed by atoms with Crippen LogP contribution in [0.25, 0.3) is 12.2 Å². The first kappa shape index (κ1) is 11.7. The second-order valence-electron chi connectivity index (χ2n) is 4.53. The quantitative estimate of drug-likeness (QED) is 0.773. The molecule has 0 heterocycles. The van der Waals surface area contributed by atoms with Crippen molar-refractivity contribution in [3.05, 3.63) is 69.2 Å². The van der Waals surface area contributed by atoms with Crippen molar-refractivity contribution in [3.63, 3.8) is 0 Å². The predicted molar refractivity (Wildman–Crippen MR) is 78.2 cm³/mol. The Hall–Kier alpha value is -1.38. The number of hydrogen-bond donors (Lipinski definition) is 1. The van der Waals surface area contributed by atoms with Gasteiger partial charge >= 0.3 is 0 Å². The van der Waals surface area contributed by atoms with Crippen LogP contribution >= 0.6 is 15.9 Å². The maximum atomic E-state index is 10.4. The molecular formula is C16H13BrO. The molecule has 0 bridgehead atoms. The van der Waals surface area contributed by atoms with Gasteiger partial charge in [-0.25, -0.2) is 0 Å². The van der Waals surface area contributed by atoms with E-state index in [0.29, 0.717) is 6.42 Å². The van der Waals surface area contributed by atoms with E-state index >= 15 is 0 Å². The number of benzene rings is 2. The van der Waals surface area contributed by atoms with Crippen LogP contribution in [0.5, 0.6) is 0 Å². The lowest BCUT2D eigenvalue weighted by molar-refractivity contribution is 0.178. The summed E-state index contributed by atoms with van der Waals surface area (Å²) in [4.78, 5) is 0. The summed E-state index contributed by atoms with van der Waals surface area (Å²) < 4.78 is 1.03. The minimum atomic E-state index is -0.445. The summed E-state index contributed by atoms with van der Waals surface area (Å²) in [5, 5.41) is 10.4. The second-order valence-corrected chi connectivity index (χ2v) is 5.44. The Morgan fingerprint density at radius 3 is 2.67 bits per heavy atom. The normalized spacial score (nSPS) is 19.3. The average Bonchev–Trinajstić information content (AvgIpc) is 2.36. The van der Waals surface area contributed by atoms with E-state index in [4.69, 9.17) is 0 Å². The lowest BCUT2D eigenvalue weighted by Crippen LogP contribution is -2.06. The Kier molecular flexibility index (Phi) is 3.06. The topological polar surface area (TPSA) is 20.2 Å². The molecule has 90 valence electrons. The Balaban J connectivity index is 2.16. The van der Waals surface area contributed by atoms with E-state index in [9.17, 15) is 5.11 Å². The van der Waals surface area contributed by atoms with Gasteiger partial charge in [0, 0.05) is 10.9 Å². The predicted octanol–water partition coefficient (Wildman–Crippen LogP) is 4.21. The van der Waals surface area contributed by atoms with Crippen molar-refractivity contribution in [3.8, 4) is 0 Å². The van der Waals surface area contributed by atoms with Crippen molar-refractivity contribution < 1.29 is 5.11 Å². The summed E-state index contributed by atoms with van der Waals surface area (Å²) in [5.41, 5.74) is 4.44. The fourth-order valence-electron chi connectivity index (χ4n) is 2.37. The van der Waals surface area contributed by atoms with Crippen LogP contribution < -0.4 is 0 Å². The highest BCUT2D eigenvalue weighted by molar-refractivity contribution is 9.10. The molecule has 0 aliphatic heterocycles. The van der Waals surface area contributed by atoms with E-state index in [-0.39, 0.29) is 0 Å². The monoisotopic (exact) mass is 300 g/mol. The molecule has 0 spiro atoms. The van der Waals surface area contributed by atoms with Crippen molar-refractivity contribution in [1.29, 1.82) is 0 Å². The zero-order chi connectivity index (χ0) is 12.5. The van der Waals surface area contributed by atoms with E-state index in [1.807, 2.05) is 30.3 Å². The van der Waals surface area contributed by atoms with Crippen LogP contribution in [0.2, 0.25) is 0 Å². The molecule has 1 aliphatic carbocycles. The molecule has 0 radical (unpaired) electrons. The van der Waals surface area contributed by atoms with Crippen LogP contribution in [-0.2, 0) is 6.42 Å². The molecule has 1 N–H and O–H groups in total. The molecule has 1 nitrogen and oxygen atoms in total. The van der Waals surface area contributed by atoms with Crippen molar-refractivity contribution in [2.24, 2.45) is 0 Å². The lowest BCUT2D eigenvalue weighted by atomic mass is 9.91. The molecule has 1 atom stereocenters. The number of fused-ring (bicyclic) bond motifs is 2. The second kappa shape index (κ2) is 4.71. The van der Waals surface area contributed by atoms with Crippen LogP contribution in [0.4, 0.5) is 0 Å². The largest absolute Gasteiger partial charge is 0.388 e. The van der Waals surface area contributed by atoms with Gasteiger partial charge in [-0.1, -0.05) is 58.4 Å². The average molecular weight is 301 g/mol. The number of rotatable bonds is 0. The molecular weight excluding hydrogens is 288 g/mol. The SMILES string of the molecule is OC1Cc2ccccc2/C=C\c2cc(Br)ccc21. The Labute approximate surface area is 115 Å². The van der Waals surface area contributed by atoms with Gasteiger partial charge in [0.2, 0.25) is 0 Å². The molecule has 1 unspecified atom stereocenters. The van der Waals surface area contributed by atoms with Crippen LogP contribution in [0.1, 0.15) is 28.4 Å². The third kappa shape index (κ3) is 2.14. The van der Waals surface area contributed by atoms with E-state index in [1.165, 1.54) is 11.1 Å². The number of aliphatic hydroxyl groups excluding tert-OH is 1. The van der Waals surface area contributed by atoms with Crippen LogP contribution in [0.3, 0.4) is 0 Å². The van der Waals surface area contributed by atoms with Crippen LogP contribution in [0, 0.1) is 0 Å². The van der Waals surface area contributed by atoms with Crippen LogP contribution in [-0.4, -0.2) is 5.11 Å². The zero-order valence-corrected chi connectivity index (χ0v) is 11.4. The summed E-state index contributed by atoms with van der Waals surface area (Å²) in [7, 11) is 0. The molecule has 0 saturated carbocycles. The molecule has 3 rings (SSSR count). The van der Waals surface area contributed by atoms with Gasteiger partial charge < -0.3 is 5.11 Å². The summed E-state index contributed by atoms with van der Waals surface area (Å²) in [5.74, 6) is 0. The Morgan fingerprint density at radius 2 is 1.78 bits per heavy atom. The van der Waals surface area contributed by atoms with E-state index < -0.39 is 6.10 Å². The fraction of sp³-hybridized carbons (Fsp3) is 0.125. The van der Waals surface area contributed by atoms with E-state index in [1.54, 1.807) is 0 Å². The third-order valence-electron chi connectivity index (χ3n) is 3.32. The summed E-state index contributed by atoms with van der Waals surface area (Å²) in [6, 6.07) is 14.2. The van der Waals surface area contributed by atoms with Gasteiger partial charge in [0.25, 0.3) is 0 Å². The number of aliphatic hydroxyl groups is 1. The maximum Gasteiger partial charge on any atom is 0.0836 e. The molecule has 2 aromatic carbocycles. The van der Waals surface area contributed by atoms with Gasteiger partial charge in [-0.2, -0.15) is 0 Å². The lowest BCUT2D eigenvalue weighted by Gasteiger charge is -2.18. The molecule has 18 heavy (non-hydrogen) atoms. The van der Waals surface area contributed by atoms with Crippen molar-refractivity contribution >= 4 is 28.1 Å². The number of hydrogen-bond acceptors (Lipinski definition) is 1. The standard InChI is InChI=1S/C16H13BrO/c17-14-7-8-15-13(9-14)6-5-11-3-1-2-4-12(11)10-16(15)18/h1-9,16,18H,10H2/b6-5-. The first-order valence-corrected chi connectivity index (χ1v) is 6.77. The van der Waals surface area contributed by atoms with Gasteiger partial charge in [0.15, 0.2) is 0 Å². The van der Waals surface area contributed by atoms with E-state index in [2.05, 4.69) is 40.2 Å². The summed E-state index contributed by atoms with van der Waals surface area (Å²) >= 11 is 3.47. The highest BCUT2D eigenvalue weighted by Gasteiger charge is 2.15. The zero-order valence-electron chi connectivity index (χ0n) is 9.81. The molecule has 2 heteroatoms. The molecule has 0 saturated heterocycles. The third-order valence-corrected chi connectivity index (χ3v) is 3.81. The van der Waals surface area contributed by atoms with Crippen molar-refractivity contribution in [1.82, 2.24) is 0 Å². The summed E-state index contributed by atoms with van der Waals surface area (Å²) in [6.07, 6.45) is 4.40. The Morgan fingerprint density at radius 1 is 1.00 bits per heavy atom. The minimum Gasteiger partial charge on any atom is -0.388 e. The maximum absolute atomic E-state index is 10.4. The smallest absolute Gasteiger partial charge is 0.0836 e. The van der Waals surface area contributed by atoms with Gasteiger partial charge in [-0.05, 0) is 34.4 Å². The molecule has 0 fully saturated rings. The highest BCUT2D eigenvalue weighted by atomic mass is 79.9. The fourth-order valence-corrected chi connectivity index (χ4v) is 2.75. The van der Waals surface area contributed by atoms with Gasteiger partial charge in [-0.15, -0.1) is 0 Å². The first-order chi connectivity index (χ1) is 8.74. The van der Waals surface area contributed by atoms with Crippen molar-refractivity contribution in [2.75, 3.05) is 0 Å².